The molecule has 0 atom stereocenters. The second-order valence-corrected chi connectivity index (χ2v) is 5.35. The van der Waals surface area contributed by atoms with E-state index in [1.54, 1.807) is 0 Å². The number of fused-ring (bicyclic) bond motifs is 1. The van der Waals surface area contributed by atoms with Crippen LogP contribution in [0.1, 0.15) is 19.5 Å². The minimum Gasteiger partial charge on any atom is -0.396 e. The molecule has 1 aromatic carbocycles. The van der Waals surface area contributed by atoms with Gasteiger partial charge in [-0.25, -0.2) is 0 Å². The molecule has 0 amide bonds. The number of benzene rings is 1. The molecule has 0 saturated carbocycles. The standard InChI is InChI=1S/C14H20N2O/c1-10-13(15-8-14(2,3)9-17)11-6-4-5-7-12(11)16-10/h4-7,15-17H,8-9H2,1-3H3. The Bertz CT molecular complexity index is 514. The summed E-state index contributed by atoms with van der Waals surface area (Å²) < 4.78 is 0. The molecule has 3 nitrogen and oxygen atoms in total. The van der Waals surface area contributed by atoms with Crippen LogP contribution in [-0.2, 0) is 0 Å². The van der Waals surface area contributed by atoms with Gasteiger partial charge in [-0.15, -0.1) is 0 Å². The number of nitrogens with one attached hydrogen (secondary N) is 2. The zero-order valence-corrected chi connectivity index (χ0v) is 10.7. The molecular weight excluding hydrogens is 212 g/mol. The Labute approximate surface area is 102 Å². The van der Waals surface area contributed by atoms with Crippen molar-refractivity contribution in [3.05, 3.63) is 30.0 Å². The summed E-state index contributed by atoms with van der Waals surface area (Å²) in [5.74, 6) is 0. The van der Waals surface area contributed by atoms with Gasteiger partial charge in [0.2, 0.25) is 0 Å². The molecule has 2 aromatic rings. The fourth-order valence-corrected chi connectivity index (χ4v) is 1.89. The predicted molar refractivity (Wildman–Crippen MR) is 72.4 cm³/mol. The number of rotatable bonds is 4. The van der Waals surface area contributed by atoms with Gasteiger partial charge in [0, 0.05) is 35.2 Å². The minimum absolute atomic E-state index is 0.106. The Morgan fingerprint density at radius 1 is 1.29 bits per heavy atom. The highest BCUT2D eigenvalue weighted by Gasteiger charge is 2.17. The molecule has 0 aliphatic rings. The summed E-state index contributed by atoms with van der Waals surface area (Å²) in [4.78, 5) is 3.36. The van der Waals surface area contributed by atoms with E-state index >= 15 is 0 Å². The maximum absolute atomic E-state index is 9.26. The van der Waals surface area contributed by atoms with Gasteiger partial charge in [-0.2, -0.15) is 0 Å². The number of aliphatic hydroxyl groups excluding tert-OH is 1. The summed E-state index contributed by atoms with van der Waals surface area (Å²) in [5, 5.41) is 13.9. The van der Waals surface area contributed by atoms with Crippen molar-refractivity contribution < 1.29 is 5.11 Å². The zero-order valence-electron chi connectivity index (χ0n) is 10.7. The fraction of sp³-hybridized carbons (Fsp3) is 0.429. The number of anilines is 1. The third kappa shape index (κ3) is 2.44. The molecule has 1 heterocycles. The lowest BCUT2D eigenvalue weighted by atomic mass is 9.95. The smallest absolute Gasteiger partial charge is 0.0628 e. The first kappa shape index (κ1) is 12.0. The second-order valence-electron chi connectivity index (χ2n) is 5.35. The zero-order chi connectivity index (χ0) is 12.5. The highest BCUT2D eigenvalue weighted by atomic mass is 16.3. The van der Waals surface area contributed by atoms with Crippen molar-refractivity contribution in [2.24, 2.45) is 5.41 Å². The molecule has 0 bridgehead atoms. The van der Waals surface area contributed by atoms with Gasteiger partial charge in [-0.1, -0.05) is 32.0 Å². The van der Waals surface area contributed by atoms with E-state index < -0.39 is 0 Å². The molecule has 0 saturated heterocycles. The van der Waals surface area contributed by atoms with Crippen LogP contribution in [0.15, 0.2) is 24.3 Å². The first-order chi connectivity index (χ1) is 8.03. The molecule has 0 fully saturated rings. The molecule has 2 rings (SSSR count). The van der Waals surface area contributed by atoms with Crippen LogP contribution in [0.4, 0.5) is 5.69 Å². The van der Waals surface area contributed by atoms with Crippen LogP contribution in [0.5, 0.6) is 0 Å². The lowest BCUT2D eigenvalue weighted by Crippen LogP contribution is -2.26. The van der Waals surface area contributed by atoms with Gasteiger partial charge in [0.25, 0.3) is 0 Å². The van der Waals surface area contributed by atoms with E-state index in [2.05, 4.69) is 29.4 Å². The van der Waals surface area contributed by atoms with Crippen LogP contribution in [0.25, 0.3) is 10.9 Å². The first-order valence-corrected chi connectivity index (χ1v) is 5.95. The Hall–Kier alpha value is -1.48. The minimum atomic E-state index is -0.106. The lowest BCUT2D eigenvalue weighted by molar-refractivity contribution is 0.171. The van der Waals surface area contributed by atoms with Crippen molar-refractivity contribution >= 4 is 16.6 Å². The number of H-pyrrole nitrogens is 1. The summed E-state index contributed by atoms with van der Waals surface area (Å²) in [6.07, 6.45) is 0. The number of hydrogen-bond donors (Lipinski definition) is 3. The Morgan fingerprint density at radius 3 is 2.71 bits per heavy atom. The van der Waals surface area contributed by atoms with Crippen LogP contribution in [0.3, 0.4) is 0 Å². The van der Waals surface area contributed by atoms with Gasteiger partial charge in [-0.05, 0) is 13.0 Å². The topological polar surface area (TPSA) is 48.0 Å². The SMILES string of the molecule is Cc1[nH]c2ccccc2c1NCC(C)(C)CO. The van der Waals surface area contributed by atoms with Crippen molar-refractivity contribution in [2.75, 3.05) is 18.5 Å². The van der Waals surface area contributed by atoms with Gasteiger partial charge < -0.3 is 15.4 Å². The number of para-hydroxylation sites is 1. The largest absolute Gasteiger partial charge is 0.396 e. The lowest BCUT2D eigenvalue weighted by Gasteiger charge is -2.22. The van der Waals surface area contributed by atoms with E-state index in [4.69, 9.17) is 0 Å². The molecule has 0 radical (unpaired) electrons. The molecule has 0 aliphatic carbocycles. The maximum Gasteiger partial charge on any atom is 0.0628 e. The first-order valence-electron chi connectivity index (χ1n) is 5.95. The number of aliphatic hydroxyl groups is 1. The molecule has 0 spiro atoms. The summed E-state index contributed by atoms with van der Waals surface area (Å²) in [7, 11) is 0. The van der Waals surface area contributed by atoms with Crippen LogP contribution in [0.2, 0.25) is 0 Å². The van der Waals surface area contributed by atoms with Crippen molar-refractivity contribution in [1.82, 2.24) is 4.98 Å². The van der Waals surface area contributed by atoms with Gasteiger partial charge in [0.05, 0.1) is 5.69 Å². The Morgan fingerprint density at radius 2 is 2.00 bits per heavy atom. The monoisotopic (exact) mass is 232 g/mol. The highest BCUT2D eigenvalue weighted by molar-refractivity contribution is 5.94. The number of aryl methyl sites for hydroxylation is 1. The van der Waals surface area contributed by atoms with Crippen LogP contribution < -0.4 is 5.32 Å². The van der Waals surface area contributed by atoms with Gasteiger partial charge >= 0.3 is 0 Å². The van der Waals surface area contributed by atoms with Crippen molar-refractivity contribution in [1.29, 1.82) is 0 Å². The van der Waals surface area contributed by atoms with Crippen LogP contribution in [0, 0.1) is 12.3 Å². The summed E-state index contributed by atoms with van der Waals surface area (Å²) >= 11 is 0. The molecule has 0 aliphatic heterocycles. The average molecular weight is 232 g/mol. The quantitative estimate of drug-likeness (QED) is 0.759. The normalized spacial score (nSPS) is 12.0. The number of aromatic amines is 1. The van der Waals surface area contributed by atoms with Crippen LogP contribution >= 0.6 is 0 Å². The van der Waals surface area contributed by atoms with E-state index in [1.165, 1.54) is 5.39 Å². The van der Waals surface area contributed by atoms with Gasteiger partial charge in [0.1, 0.15) is 0 Å². The van der Waals surface area contributed by atoms with Gasteiger partial charge in [-0.3, -0.25) is 0 Å². The molecule has 3 N–H and O–H groups in total. The van der Waals surface area contributed by atoms with E-state index in [0.29, 0.717) is 0 Å². The summed E-state index contributed by atoms with van der Waals surface area (Å²) in [6, 6.07) is 8.25. The third-order valence-corrected chi connectivity index (χ3v) is 3.07. The van der Waals surface area contributed by atoms with Crippen LogP contribution in [-0.4, -0.2) is 23.2 Å². The van der Waals surface area contributed by atoms with Crippen molar-refractivity contribution in [3.8, 4) is 0 Å². The molecule has 92 valence electrons. The average Bonchev–Trinajstić information content (AvgIpc) is 2.62. The predicted octanol–water partition coefficient (Wildman–Crippen LogP) is 2.91. The maximum atomic E-state index is 9.26. The highest BCUT2D eigenvalue weighted by Crippen LogP contribution is 2.28. The van der Waals surface area contributed by atoms with E-state index in [1.807, 2.05) is 26.0 Å². The van der Waals surface area contributed by atoms with Crippen molar-refractivity contribution in [2.45, 2.75) is 20.8 Å². The Balaban J connectivity index is 2.27. The van der Waals surface area contributed by atoms with E-state index in [9.17, 15) is 5.11 Å². The molecule has 0 unspecified atom stereocenters. The molecule has 1 aromatic heterocycles. The number of hydrogen-bond acceptors (Lipinski definition) is 2. The van der Waals surface area contributed by atoms with E-state index in [-0.39, 0.29) is 12.0 Å². The van der Waals surface area contributed by atoms with Crippen molar-refractivity contribution in [3.63, 3.8) is 0 Å². The third-order valence-electron chi connectivity index (χ3n) is 3.07. The molecular formula is C14H20N2O. The second kappa shape index (κ2) is 4.41. The van der Waals surface area contributed by atoms with E-state index in [0.717, 1.165) is 23.4 Å². The fourth-order valence-electron chi connectivity index (χ4n) is 1.89. The molecule has 3 heteroatoms. The summed E-state index contributed by atoms with van der Waals surface area (Å²) in [6.45, 7) is 7.09. The number of aromatic nitrogens is 1. The molecule has 17 heavy (non-hydrogen) atoms. The van der Waals surface area contributed by atoms with Gasteiger partial charge in [0.15, 0.2) is 0 Å². The Kier molecular flexibility index (Phi) is 3.11. The summed E-state index contributed by atoms with van der Waals surface area (Å²) in [5.41, 5.74) is 3.32.